The molecule has 0 saturated heterocycles. The molecule has 1 heterocycles. The summed E-state index contributed by atoms with van der Waals surface area (Å²) in [6, 6.07) is 7.57. The number of carbonyl (C=O) groups is 2. The predicted molar refractivity (Wildman–Crippen MR) is 85.7 cm³/mol. The lowest BCUT2D eigenvalue weighted by molar-refractivity contribution is -0.114. The number of esters is 1. The predicted octanol–water partition coefficient (Wildman–Crippen LogP) is 2.40. The fourth-order valence-electron chi connectivity index (χ4n) is 1.81. The average Bonchev–Trinajstić information content (AvgIpc) is 2.90. The maximum atomic E-state index is 12.0. The van der Waals surface area contributed by atoms with Crippen molar-refractivity contribution in [2.45, 2.75) is 20.4 Å². The number of nitrogens with two attached hydrogens (primary N) is 1. The summed E-state index contributed by atoms with van der Waals surface area (Å²) < 4.78 is 5.00. The van der Waals surface area contributed by atoms with Crippen molar-refractivity contribution in [1.29, 1.82) is 0 Å². The van der Waals surface area contributed by atoms with Crippen LogP contribution in [0.15, 0.2) is 24.3 Å². The number of thiazole rings is 1. The van der Waals surface area contributed by atoms with E-state index in [1.807, 2.05) is 24.3 Å². The molecule has 1 amide bonds. The number of anilines is 1. The van der Waals surface area contributed by atoms with E-state index < -0.39 is 5.97 Å². The first-order valence-electron chi connectivity index (χ1n) is 6.80. The summed E-state index contributed by atoms with van der Waals surface area (Å²) >= 11 is 1.18. The highest BCUT2D eigenvalue weighted by molar-refractivity contribution is 7.17. The van der Waals surface area contributed by atoms with E-state index in [-0.39, 0.29) is 23.2 Å². The summed E-state index contributed by atoms with van der Waals surface area (Å²) in [6.45, 7) is 3.81. The Kier molecular flexibility index (Phi) is 5.24. The molecule has 3 N–H and O–H groups in total. The number of hydrogen-bond acceptors (Lipinski definition) is 6. The molecule has 1 aromatic carbocycles. The van der Waals surface area contributed by atoms with Crippen molar-refractivity contribution in [3.8, 4) is 10.6 Å². The number of amides is 1. The summed E-state index contributed by atoms with van der Waals surface area (Å²) in [5.74, 6) is -0.552. The van der Waals surface area contributed by atoms with Crippen LogP contribution in [0.3, 0.4) is 0 Å². The molecule has 0 saturated carbocycles. The van der Waals surface area contributed by atoms with Gasteiger partial charge in [-0.05, 0) is 12.5 Å². The van der Waals surface area contributed by atoms with Crippen molar-refractivity contribution in [1.82, 2.24) is 4.98 Å². The van der Waals surface area contributed by atoms with Crippen LogP contribution in [0.5, 0.6) is 0 Å². The van der Waals surface area contributed by atoms with Gasteiger partial charge in [-0.3, -0.25) is 4.79 Å². The number of rotatable bonds is 5. The highest BCUT2D eigenvalue weighted by Crippen LogP contribution is 2.31. The zero-order valence-electron chi connectivity index (χ0n) is 12.4. The van der Waals surface area contributed by atoms with Crippen LogP contribution in [0, 0.1) is 0 Å². The average molecular weight is 319 g/mol. The third kappa shape index (κ3) is 3.69. The maximum Gasteiger partial charge on any atom is 0.352 e. The normalized spacial score (nSPS) is 10.3. The molecule has 0 fully saturated rings. The van der Waals surface area contributed by atoms with E-state index in [0.717, 1.165) is 11.1 Å². The van der Waals surface area contributed by atoms with Crippen LogP contribution < -0.4 is 11.1 Å². The van der Waals surface area contributed by atoms with E-state index >= 15 is 0 Å². The van der Waals surface area contributed by atoms with Crippen LogP contribution in [0.4, 0.5) is 5.82 Å². The molecule has 7 heteroatoms. The number of carbonyl (C=O) groups excluding carboxylic acids is 2. The van der Waals surface area contributed by atoms with Gasteiger partial charge in [0.15, 0.2) is 10.7 Å². The lowest BCUT2D eigenvalue weighted by atomic mass is 10.1. The summed E-state index contributed by atoms with van der Waals surface area (Å²) in [6.07, 6.45) is 0. The van der Waals surface area contributed by atoms with Gasteiger partial charge >= 0.3 is 5.97 Å². The molecule has 0 aliphatic carbocycles. The molecule has 0 aliphatic heterocycles. The largest absolute Gasteiger partial charge is 0.462 e. The number of hydrogen-bond donors (Lipinski definition) is 2. The molecule has 0 atom stereocenters. The van der Waals surface area contributed by atoms with Crippen LogP contribution in [0.25, 0.3) is 10.6 Å². The van der Waals surface area contributed by atoms with Crippen LogP contribution in [0.2, 0.25) is 0 Å². The molecule has 2 aromatic rings. The Morgan fingerprint density at radius 3 is 2.55 bits per heavy atom. The van der Waals surface area contributed by atoms with Crippen molar-refractivity contribution in [2.75, 3.05) is 11.9 Å². The zero-order chi connectivity index (χ0) is 16.1. The Labute approximate surface area is 132 Å². The molecule has 22 heavy (non-hydrogen) atoms. The van der Waals surface area contributed by atoms with E-state index in [0.29, 0.717) is 11.6 Å². The van der Waals surface area contributed by atoms with Gasteiger partial charge in [-0.15, -0.1) is 11.3 Å². The van der Waals surface area contributed by atoms with Gasteiger partial charge in [0.2, 0.25) is 5.91 Å². The minimum Gasteiger partial charge on any atom is -0.462 e. The SMILES string of the molecule is CCOC(=O)c1sc(-c2ccc(CN)cc2)nc1NC(C)=O. The summed E-state index contributed by atoms with van der Waals surface area (Å²) in [5.41, 5.74) is 7.43. The molecule has 0 radical (unpaired) electrons. The second kappa shape index (κ2) is 7.15. The topological polar surface area (TPSA) is 94.3 Å². The lowest BCUT2D eigenvalue weighted by Gasteiger charge is -2.01. The van der Waals surface area contributed by atoms with Crippen molar-refractivity contribution in [2.24, 2.45) is 5.73 Å². The fraction of sp³-hybridized carbons (Fsp3) is 0.267. The molecule has 0 aliphatic rings. The van der Waals surface area contributed by atoms with Crippen molar-refractivity contribution >= 4 is 29.0 Å². The second-order valence-corrected chi connectivity index (χ2v) is 5.50. The second-order valence-electron chi connectivity index (χ2n) is 4.50. The van der Waals surface area contributed by atoms with Crippen LogP contribution in [-0.4, -0.2) is 23.5 Å². The molecule has 0 unspecified atom stereocenters. The first-order valence-corrected chi connectivity index (χ1v) is 7.61. The number of nitrogens with one attached hydrogen (secondary N) is 1. The third-order valence-corrected chi connectivity index (χ3v) is 3.90. The van der Waals surface area contributed by atoms with Gasteiger partial charge in [0.05, 0.1) is 6.61 Å². The Balaban J connectivity index is 2.39. The van der Waals surface area contributed by atoms with Gasteiger partial charge in [0.25, 0.3) is 0 Å². The Morgan fingerprint density at radius 2 is 2.00 bits per heavy atom. The highest BCUT2D eigenvalue weighted by atomic mass is 32.1. The molecule has 2 rings (SSSR count). The fourth-order valence-corrected chi connectivity index (χ4v) is 2.73. The molecular formula is C15H17N3O3S. The quantitative estimate of drug-likeness (QED) is 0.825. The van der Waals surface area contributed by atoms with Crippen molar-refractivity contribution in [3.63, 3.8) is 0 Å². The van der Waals surface area contributed by atoms with Crippen molar-refractivity contribution < 1.29 is 14.3 Å². The van der Waals surface area contributed by atoms with Gasteiger partial charge in [-0.25, -0.2) is 9.78 Å². The first-order chi connectivity index (χ1) is 10.5. The summed E-state index contributed by atoms with van der Waals surface area (Å²) in [4.78, 5) is 27.9. The molecule has 1 aromatic heterocycles. The highest BCUT2D eigenvalue weighted by Gasteiger charge is 2.20. The molecule has 116 valence electrons. The zero-order valence-corrected chi connectivity index (χ0v) is 13.2. The number of benzene rings is 1. The van der Waals surface area contributed by atoms with Gasteiger partial charge in [0, 0.05) is 19.0 Å². The van der Waals surface area contributed by atoms with Crippen molar-refractivity contribution in [3.05, 3.63) is 34.7 Å². The lowest BCUT2D eigenvalue weighted by Crippen LogP contribution is -2.11. The molecular weight excluding hydrogens is 302 g/mol. The Bertz CT molecular complexity index is 680. The first kappa shape index (κ1) is 16.1. The monoisotopic (exact) mass is 319 g/mol. The number of ether oxygens (including phenoxy) is 1. The van der Waals surface area contributed by atoms with Gasteiger partial charge in [-0.1, -0.05) is 24.3 Å². The summed E-state index contributed by atoms with van der Waals surface area (Å²) in [7, 11) is 0. The van der Waals surface area contributed by atoms with E-state index in [2.05, 4.69) is 10.3 Å². The van der Waals surface area contributed by atoms with E-state index in [1.54, 1.807) is 6.92 Å². The number of aromatic nitrogens is 1. The Hall–Kier alpha value is -2.25. The third-order valence-electron chi connectivity index (χ3n) is 2.82. The Morgan fingerprint density at radius 1 is 1.32 bits per heavy atom. The minimum atomic E-state index is -0.492. The van der Waals surface area contributed by atoms with Gasteiger partial charge < -0.3 is 15.8 Å². The van der Waals surface area contributed by atoms with Gasteiger partial charge in [0.1, 0.15) is 5.01 Å². The van der Waals surface area contributed by atoms with E-state index in [1.165, 1.54) is 18.3 Å². The maximum absolute atomic E-state index is 12.0. The molecule has 0 spiro atoms. The van der Waals surface area contributed by atoms with Crippen LogP contribution in [-0.2, 0) is 16.1 Å². The summed E-state index contributed by atoms with van der Waals surface area (Å²) in [5, 5.41) is 3.20. The minimum absolute atomic E-state index is 0.230. The standard InChI is InChI=1S/C15H17N3O3S/c1-3-21-15(20)12-13(17-9(2)19)18-14(22-12)11-6-4-10(8-16)5-7-11/h4-7H,3,8,16H2,1-2H3,(H,17,19). The van der Waals surface area contributed by atoms with Crippen LogP contribution >= 0.6 is 11.3 Å². The molecule has 6 nitrogen and oxygen atoms in total. The van der Waals surface area contributed by atoms with Crippen LogP contribution in [0.1, 0.15) is 29.1 Å². The number of nitrogens with zero attached hydrogens (tertiary/aromatic N) is 1. The van der Waals surface area contributed by atoms with E-state index in [9.17, 15) is 9.59 Å². The molecule has 0 bridgehead atoms. The van der Waals surface area contributed by atoms with E-state index in [4.69, 9.17) is 10.5 Å². The smallest absolute Gasteiger partial charge is 0.352 e. The van der Waals surface area contributed by atoms with Gasteiger partial charge in [-0.2, -0.15) is 0 Å².